The fourth-order valence-corrected chi connectivity index (χ4v) is 3.65. The molecular formula is C19H35NO4. The third-order valence-corrected chi connectivity index (χ3v) is 4.84. The topological polar surface area (TPSA) is 56.8 Å². The van der Waals surface area contributed by atoms with Crippen molar-refractivity contribution in [3.63, 3.8) is 0 Å². The van der Waals surface area contributed by atoms with Crippen molar-refractivity contribution < 1.29 is 19.0 Å². The van der Waals surface area contributed by atoms with Gasteiger partial charge in [-0.2, -0.15) is 0 Å². The maximum Gasteiger partial charge on any atom is 0.222 e. The summed E-state index contributed by atoms with van der Waals surface area (Å²) in [5.41, 5.74) is 0. The second-order valence-corrected chi connectivity index (χ2v) is 7.74. The molecular weight excluding hydrogens is 306 g/mol. The Balaban J connectivity index is 1.59. The summed E-state index contributed by atoms with van der Waals surface area (Å²) in [5.74, 6) is 0.267. The fraction of sp³-hybridized carbons (Fsp3) is 0.947. The Labute approximate surface area is 146 Å². The smallest absolute Gasteiger partial charge is 0.222 e. The van der Waals surface area contributed by atoms with Crippen molar-refractivity contribution in [3.8, 4) is 0 Å². The summed E-state index contributed by atoms with van der Waals surface area (Å²) >= 11 is 0. The van der Waals surface area contributed by atoms with Gasteiger partial charge in [0.2, 0.25) is 5.91 Å². The molecule has 0 radical (unpaired) electrons. The highest BCUT2D eigenvalue weighted by molar-refractivity contribution is 5.75. The summed E-state index contributed by atoms with van der Waals surface area (Å²) in [6, 6.07) is 0. The zero-order valence-corrected chi connectivity index (χ0v) is 15.6. The van der Waals surface area contributed by atoms with Crippen LogP contribution >= 0.6 is 0 Å². The number of amides is 1. The average molecular weight is 341 g/mol. The third-order valence-electron chi connectivity index (χ3n) is 4.84. The Bertz CT molecular complexity index is 378. The average Bonchev–Trinajstić information content (AvgIpc) is 2.76. The van der Waals surface area contributed by atoms with Gasteiger partial charge in [-0.05, 0) is 32.1 Å². The quantitative estimate of drug-likeness (QED) is 0.735. The summed E-state index contributed by atoms with van der Waals surface area (Å²) in [5, 5.41) is 2.95. The lowest BCUT2D eigenvalue weighted by atomic mass is 10.1. The summed E-state index contributed by atoms with van der Waals surface area (Å²) in [7, 11) is 0. The standard InChI is InChI=1S/C19H35NO4/c1-15(2)12-16(3)22-11-8-18(21)20-13-17-14-23-19(24-17)9-6-4-5-7-10-19/h15-17H,4-14H2,1-3H3,(H,20,21)/t16-,17+/m0/s1. The van der Waals surface area contributed by atoms with E-state index in [4.69, 9.17) is 14.2 Å². The van der Waals surface area contributed by atoms with Gasteiger partial charge >= 0.3 is 0 Å². The van der Waals surface area contributed by atoms with Crippen LogP contribution in [0.4, 0.5) is 0 Å². The Kier molecular flexibility index (Phi) is 7.98. The molecule has 1 saturated heterocycles. The molecule has 0 unspecified atom stereocenters. The van der Waals surface area contributed by atoms with Gasteiger partial charge in [-0.15, -0.1) is 0 Å². The van der Waals surface area contributed by atoms with Crippen LogP contribution in [0, 0.1) is 5.92 Å². The third kappa shape index (κ3) is 6.69. The molecule has 1 spiro atoms. The SMILES string of the molecule is CC(C)C[C@H](C)OCCC(=O)NC[C@@H]1COC2(CCCCCC2)O1. The van der Waals surface area contributed by atoms with Crippen LogP contribution in [0.3, 0.4) is 0 Å². The molecule has 1 saturated carbocycles. The molecule has 0 aromatic rings. The number of hydrogen-bond donors (Lipinski definition) is 1. The van der Waals surface area contributed by atoms with E-state index in [-0.39, 0.29) is 23.9 Å². The number of carbonyl (C=O) groups is 1. The van der Waals surface area contributed by atoms with Crippen molar-refractivity contribution in [2.45, 2.75) is 90.1 Å². The summed E-state index contributed by atoms with van der Waals surface area (Å²) in [4.78, 5) is 11.9. The predicted molar refractivity (Wildman–Crippen MR) is 93.8 cm³/mol. The predicted octanol–water partition coefficient (Wildman–Crippen LogP) is 3.41. The van der Waals surface area contributed by atoms with Crippen molar-refractivity contribution in [1.29, 1.82) is 0 Å². The highest BCUT2D eigenvalue weighted by atomic mass is 16.7. The first-order chi connectivity index (χ1) is 11.5. The minimum atomic E-state index is -0.374. The van der Waals surface area contributed by atoms with Gasteiger partial charge in [0.05, 0.1) is 19.3 Å². The van der Waals surface area contributed by atoms with Gasteiger partial charge < -0.3 is 19.5 Å². The highest BCUT2D eigenvalue weighted by Gasteiger charge is 2.41. The first kappa shape index (κ1) is 19.7. The van der Waals surface area contributed by atoms with Crippen LogP contribution in [0.2, 0.25) is 0 Å². The molecule has 1 aliphatic heterocycles. The molecule has 24 heavy (non-hydrogen) atoms. The summed E-state index contributed by atoms with van der Waals surface area (Å²) in [6.07, 6.45) is 8.47. The van der Waals surface area contributed by atoms with E-state index in [1.807, 2.05) is 0 Å². The Morgan fingerprint density at radius 2 is 1.92 bits per heavy atom. The lowest BCUT2D eigenvalue weighted by molar-refractivity contribution is -0.175. The first-order valence-electron chi connectivity index (χ1n) is 9.69. The van der Waals surface area contributed by atoms with Crippen LogP contribution in [-0.4, -0.2) is 43.7 Å². The maximum atomic E-state index is 11.9. The van der Waals surface area contributed by atoms with Gasteiger partial charge in [-0.3, -0.25) is 4.79 Å². The molecule has 0 bridgehead atoms. The van der Waals surface area contributed by atoms with E-state index in [0.717, 1.165) is 19.3 Å². The summed E-state index contributed by atoms with van der Waals surface area (Å²) < 4.78 is 17.8. The Morgan fingerprint density at radius 3 is 2.58 bits per heavy atom. The molecule has 1 heterocycles. The Hall–Kier alpha value is -0.650. The van der Waals surface area contributed by atoms with Gasteiger partial charge in [-0.25, -0.2) is 0 Å². The lowest BCUT2D eigenvalue weighted by Crippen LogP contribution is -2.36. The second-order valence-electron chi connectivity index (χ2n) is 7.74. The van der Waals surface area contributed by atoms with Crippen molar-refractivity contribution in [2.24, 2.45) is 5.92 Å². The van der Waals surface area contributed by atoms with Gasteiger partial charge in [0.15, 0.2) is 5.79 Å². The van der Waals surface area contributed by atoms with Crippen molar-refractivity contribution in [1.82, 2.24) is 5.32 Å². The molecule has 1 N–H and O–H groups in total. The second kappa shape index (κ2) is 9.73. The largest absolute Gasteiger partial charge is 0.378 e. The summed E-state index contributed by atoms with van der Waals surface area (Å²) in [6.45, 7) is 8.01. The molecule has 2 atom stereocenters. The molecule has 2 rings (SSSR count). The zero-order chi connectivity index (χ0) is 17.4. The van der Waals surface area contributed by atoms with E-state index in [9.17, 15) is 4.79 Å². The van der Waals surface area contributed by atoms with E-state index in [1.165, 1.54) is 25.7 Å². The fourth-order valence-electron chi connectivity index (χ4n) is 3.65. The van der Waals surface area contributed by atoms with E-state index in [2.05, 4.69) is 26.1 Å². The number of hydrogen-bond acceptors (Lipinski definition) is 4. The van der Waals surface area contributed by atoms with Crippen LogP contribution in [0.5, 0.6) is 0 Å². The minimum Gasteiger partial charge on any atom is -0.378 e. The normalized spacial score (nSPS) is 24.9. The molecule has 5 heteroatoms. The van der Waals surface area contributed by atoms with Gasteiger partial charge in [0, 0.05) is 25.8 Å². The van der Waals surface area contributed by atoms with E-state index in [1.54, 1.807) is 0 Å². The Morgan fingerprint density at radius 1 is 1.21 bits per heavy atom. The highest BCUT2D eigenvalue weighted by Crippen LogP contribution is 2.36. The molecule has 2 aliphatic rings. The van der Waals surface area contributed by atoms with Crippen molar-refractivity contribution in [3.05, 3.63) is 0 Å². The molecule has 140 valence electrons. The van der Waals surface area contributed by atoms with Crippen molar-refractivity contribution in [2.75, 3.05) is 19.8 Å². The molecule has 0 aromatic carbocycles. The van der Waals surface area contributed by atoms with Crippen molar-refractivity contribution >= 4 is 5.91 Å². The van der Waals surface area contributed by atoms with Gasteiger partial charge in [0.1, 0.15) is 6.10 Å². The number of carbonyl (C=O) groups excluding carboxylic acids is 1. The molecule has 1 amide bonds. The van der Waals surface area contributed by atoms with Crippen LogP contribution in [0.25, 0.3) is 0 Å². The minimum absolute atomic E-state index is 0.0205. The molecule has 5 nitrogen and oxygen atoms in total. The van der Waals surface area contributed by atoms with Crippen LogP contribution in [0.1, 0.15) is 72.1 Å². The van der Waals surface area contributed by atoms with Crippen LogP contribution < -0.4 is 5.32 Å². The number of nitrogens with one attached hydrogen (secondary N) is 1. The van der Waals surface area contributed by atoms with Gasteiger partial charge in [-0.1, -0.05) is 26.7 Å². The lowest BCUT2D eigenvalue weighted by Gasteiger charge is -2.26. The zero-order valence-electron chi connectivity index (χ0n) is 15.6. The van der Waals surface area contributed by atoms with Crippen LogP contribution in [0.15, 0.2) is 0 Å². The molecule has 2 fully saturated rings. The van der Waals surface area contributed by atoms with Gasteiger partial charge in [0.25, 0.3) is 0 Å². The molecule has 0 aromatic heterocycles. The maximum absolute atomic E-state index is 11.9. The van der Waals surface area contributed by atoms with E-state index >= 15 is 0 Å². The number of rotatable bonds is 8. The monoisotopic (exact) mass is 341 g/mol. The molecule has 1 aliphatic carbocycles. The van der Waals surface area contributed by atoms with E-state index < -0.39 is 0 Å². The van der Waals surface area contributed by atoms with Crippen LogP contribution in [-0.2, 0) is 19.0 Å². The first-order valence-corrected chi connectivity index (χ1v) is 9.69. The van der Waals surface area contributed by atoms with E-state index in [0.29, 0.717) is 32.1 Å². The number of ether oxygens (including phenoxy) is 3.